The van der Waals surface area contributed by atoms with Crippen molar-refractivity contribution in [2.75, 3.05) is 13.1 Å². The van der Waals surface area contributed by atoms with Crippen LogP contribution in [-0.2, 0) is 4.79 Å². The second-order valence-electron chi connectivity index (χ2n) is 5.01. The van der Waals surface area contributed by atoms with Crippen LogP contribution in [0, 0.1) is 5.92 Å². The maximum atomic E-state index is 12.2. The van der Waals surface area contributed by atoms with E-state index in [-0.39, 0.29) is 17.5 Å². The van der Waals surface area contributed by atoms with Crippen molar-refractivity contribution >= 4 is 35.1 Å². The van der Waals surface area contributed by atoms with Gasteiger partial charge >= 0.3 is 5.97 Å². The standard InChI is InChI=1S/C13H16Cl2N2O3/c14-9-7-10(16-12(9)15)13(20)17-5-3-8(4-6-17)1-2-11(18)19/h7-8,16H,1-6H2,(H,18,19). The molecule has 2 N–H and O–H groups in total. The smallest absolute Gasteiger partial charge is 0.303 e. The summed E-state index contributed by atoms with van der Waals surface area (Å²) < 4.78 is 0. The Morgan fingerprint density at radius 3 is 2.50 bits per heavy atom. The van der Waals surface area contributed by atoms with Crippen LogP contribution in [0.2, 0.25) is 10.2 Å². The van der Waals surface area contributed by atoms with E-state index >= 15 is 0 Å². The van der Waals surface area contributed by atoms with Crippen molar-refractivity contribution in [1.29, 1.82) is 0 Å². The molecule has 0 bridgehead atoms. The molecule has 0 saturated carbocycles. The molecule has 110 valence electrons. The molecule has 1 aromatic rings. The number of carbonyl (C=O) groups is 2. The molecular weight excluding hydrogens is 303 g/mol. The Bertz CT molecular complexity index is 488. The Balaban J connectivity index is 1.87. The Hall–Kier alpha value is -1.20. The van der Waals surface area contributed by atoms with Gasteiger partial charge in [-0.15, -0.1) is 0 Å². The summed E-state index contributed by atoms with van der Waals surface area (Å²) in [5.41, 5.74) is 0.393. The number of carbonyl (C=O) groups excluding carboxylic acids is 1. The Labute approximate surface area is 126 Å². The summed E-state index contributed by atoms with van der Waals surface area (Å²) in [4.78, 5) is 27.3. The van der Waals surface area contributed by atoms with Gasteiger partial charge in [-0.3, -0.25) is 9.59 Å². The number of piperidine rings is 1. The zero-order valence-electron chi connectivity index (χ0n) is 10.9. The van der Waals surface area contributed by atoms with Gasteiger partial charge in [0.05, 0.1) is 5.02 Å². The number of likely N-dealkylation sites (tertiary alicyclic amines) is 1. The maximum absolute atomic E-state index is 12.2. The van der Waals surface area contributed by atoms with Crippen molar-refractivity contribution in [2.45, 2.75) is 25.7 Å². The average Bonchev–Trinajstić information content (AvgIpc) is 2.76. The van der Waals surface area contributed by atoms with Gasteiger partial charge in [0, 0.05) is 19.5 Å². The molecule has 0 atom stereocenters. The molecule has 1 aliphatic heterocycles. The Morgan fingerprint density at radius 2 is 2.00 bits per heavy atom. The fourth-order valence-corrected chi connectivity index (χ4v) is 2.75. The van der Waals surface area contributed by atoms with E-state index in [0.717, 1.165) is 12.8 Å². The third-order valence-electron chi connectivity index (χ3n) is 3.62. The van der Waals surface area contributed by atoms with Gasteiger partial charge in [-0.05, 0) is 31.2 Å². The van der Waals surface area contributed by atoms with Crippen LogP contribution in [0.15, 0.2) is 6.07 Å². The van der Waals surface area contributed by atoms with E-state index in [2.05, 4.69) is 4.98 Å². The minimum atomic E-state index is -0.765. The second-order valence-corrected chi connectivity index (χ2v) is 5.80. The number of aliphatic carboxylic acids is 1. The maximum Gasteiger partial charge on any atom is 0.303 e. The number of carboxylic acids is 1. The number of nitrogens with zero attached hydrogens (tertiary/aromatic N) is 1. The lowest BCUT2D eigenvalue weighted by molar-refractivity contribution is -0.137. The molecule has 2 heterocycles. The monoisotopic (exact) mass is 318 g/mol. The largest absolute Gasteiger partial charge is 0.481 e. The highest BCUT2D eigenvalue weighted by molar-refractivity contribution is 6.41. The first-order valence-corrected chi connectivity index (χ1v) is 7.28. The van der Waals surface area contributed by atoms with Gasteiger partial charge in [-0.2, -0.15) is 0 Å². The number of halogens is 2. The number of aromatic amines is 1. The first kappa shape index (κ1) is 15.2. The molecule has 0 unspecified atom stereocenters. The third kappa shape index (κ3) is 3.67. The molecule has 20 heavy (non-hydrogen) atoms. The number of H-pyrrole nitrogens is 1. The average molecular weight is 319 g/mol. The molecule has 1 fully saturated rings. The fourth-order valence-electron chi connectivity index (χ4n) is 2.44. The van der Waals surface area contributed by atoms with Crippen LogP contribution < -0.4 is 0 Å². The van der Waals surface area contributed by atoms with Crippen molar-refractivity contribution in [2.24, 2.45) is 5.92 Å². The molecule has 1 saturated heterocycles. The highest BCUT2D eigenvalue weighted by Crippen LogP contribution is 2.26. The van der Waals surface area contributed by atoms with Crippen molar-refractivity contribution in [3.8, 4) is 0 Å². The molecule has 1 aliphatic rings. The van der Waals surface area contributed by atoms with Gasteiger partial charge < -0.3 is 15.0 Å². The van der Waals surface area contributed by atoms with E-state index in [1.54, 1.807) is 4.90 Å². The van der Waals surface area contributed by atoms with Gasteiger partial charge in [0.15, 0.2) is 0 Å². The minimum Gasteiger partial charge on any atom is -0.481 e. The molecule has 0 aliphatic carbocycles. The van der Waals surface area contributed by atoms with Crippen LogP contribution in [0.25, 0.3) is 0 Å². The van der Waals surface area contributed by atoms with Crippen molar-refractivity contribution in [3.05, 3.63) is 21.9 Å². The summed E-state index contributed by atoms with van der Waals surface area (Å²) in [6.07, 6.45) is 2.54. The zero-order valence-corrected chi connectivity index (χ0v) is 12.4. The topological polar surface area (TPSA) is 73.4 Å². The van der Waals surface area contributed by atoms with Gasteiger partial charge in [-0.1, -0.05) is 23.2 Å². The molecular formula is C13H16Cl2N2O3. The molecule has 7 heteroatoms. The van der Waals surface area contributed by atoms with E-state index < -0.39 is 5.97 Å². The SMILES string of the molecule is O=C(O)CCC1CCN(C(=O)c2cc(Cl)c(Cl)[nH]2)CC1. The number of amides is 1. The van der Waals surface area contributed by atoms with Crippen LogP contribution >= 0.6 is 23.2 Å². The van der Waals surface area contributed by atoms with E-state index in [1.165, 1.54) is 6.07 Å². The van der Waals surface area contributed by atoms with Crippen LogP contribution in [0.3, 0.4) is 0 Å². The zero-order chi connectivity index (χ0) is 14.7. The summed E-state index contributed by atoms with van der Waals surface area (Å²) in [6.45, 7) is 1.27. The van der Waals surface area contributed by atoms with Gasteiger partial charge in [-0.25, -0.2) is 0 Å². The van der Waals surface area contributed by atoms with E-state index in [0.29, 0.717) is 36.1 Å². The summed E-state index contributed by atoms with van der Waals surface area (Å²) in [6, 6.07) is 1.53. The van der Waals surface area contributed by atoms with Gasteiger partial charge in [0.25, 0.3) is 5.91 Å². The third-order valence-corrected chi connectivity index (χ3v) is 4.32. The minimum absolute atomic E-state index is 0.115. The molecule has 0 spiro atoms. The van der Waals surface area contributed by atoms with Gasteiger partial charge in [0.2, 0.25) is 0 Å². The number of nitrogens with one attached hydrogen (secondary N) is 1. The molecule has 2 rings (SSSR count). The van der Waals surface area contributed by atoms with E-state index in [1.807, 2.05) is 0 Å². The first-order chi connectivity index (χ1) is 9.47. The lowest BCUT2D eigenvalue weighted by Crippen LogP contribution is -2.38. The number of hydrogen-bond donors (Lipinski definition) is 2. The first-order valence-electron chi connectivity index (χ1n) is 6.52. The van der Waals surface area contributed by atoms with Gasteiger partial charge in [0.1, 0.15) is 10.8 Å². The van der Waals surface area contributed by atoms with Crippen LogP contribution in [0.4, 0.5) is 0 Å². The number of hydrogen-bond acceptors (Lipinski definition) is 2. The number of carboxylic acid groups (broad SMARTS) is 1. The summed E-state index contributed by atoms with van der Waals surface area (Å²) >= 11 is 11.6. The van der Waals surface area contributed by atoms with Crippen LogP contribution in [-0.4, -0.2) is 40.0 Å². The number of rotatable bonds is 4. The van der Waals surface area contributed by atoms with Crippen molar-refractivity contribution in [3.63, 3.8) is 0 Å². The Morgan fingerprint density at radius 1 is 1.35 bits per heavy atom. The highest BCUT2D eigenvalue weighted by Gasteiger charge is 2.25. The van der Waals surface area contributed by atoms with Crippen molar-refractivity contribution in [1.82, 2.24) is 9.88 Å². The van der Waals surface area contributed by atoms with Crippen LogP contribution in [0.1, 0.15) is 36.2 Å². The summed E-state index contributed by atoms with van der Waals surface area (Å²) in [7, 11) is 0. The highest BCUT2D eigenvalue weighted by atomic mass is 35.5. The molecule has 0 radical (unpaired) electrons. The summed E-state index contributed by atoms with van der Waals surface area (Å²) in [5, 5.41) is 9.28. The quantitative estimate of drug-likeness (QED) is 0.896. The molecule has 5 nitrogen and oxygen atoms in total. The molecule has 1 amide bonds. The fraction of sp³-hybridized carbons (Fsp3) is 0.538. The second kappa shape index (κ2) is 6.50. The number of aromatic nitrogens is 1. The predicted molar refractivity (Wildman–Crippen MR) is 76.3 cm³/mol. The predicted octanol–water partition coefficient (Wildman–Crippen LogP) is 3.04. The normalized spacial score (nSPS) is 16.4. The van der Waals surface area contributed by atoms with Crippen molar-refractivity contribution < 1.29 is 14.7 Å². The molecule has 1 aromatic heterocycles. The lowest BCUT2D eigenvalue weighted by Gasteiger charge is -2.31. The van der Waals surface area contributed by atoms with Crippen LogP contribution in [0.5, 0.6) is 0 Å². The Kier molecular flexibility index (Phi) is 4.94. The van der Waals surface area contributed by atoms with E-state index in [9.17, 15) is 9.59 Å². The molecule has 0 aromatic carbocycles. The summed E-state index contributed by atoms with van der Waals surface area (Å²) in [5.74, 6) is -0.499. The van der Waals surface area contributed by atoms with E-state index in [4.69, 9.17) is 28.3 Å². The lowest BCUT2D eigenvalue weighted by atomic mass is 9.92.